The number of ketones is 1. The molecule has 0 aliphatic carbocycles. The molecule has 0 unspecified atom stereocenters. The number of hydrogen-bond donors (Lipinski definition) is 0. The third kappa shape index (κ3) is 4.59. The van der Waals surface area contributed by atoms with Crippen molar-refractivity contribution in [2.45, 2.75) is 24.2 Å². The van der Waals surface area contributed by atoms with Crippen molar-refractivity contribution < 1.29 is 19.1 Å². The Balaban J connectivity index is 1.64. The number of hydrogen-bond acceptors (Lipinski definition) is 7. The Morgan fingerprint density at radius 1 is 1.31 bits per heavy atom. The molecule has 1 aromatic heterocycles. The van der Waals surface area contributed by atoms with E-state index in [1.165, 1.54) is 23.3 Å². The van der Waals surface area contributed by atoms with Crippen molar-refractivity contribution in [1.82, 2.24) is 9.55 Å². The number of rotatable bonds is 6. The van der Waals surface area contributed by atoms with Crippen molar-refractivity contribution >= 4 is 23.5 Å². The minimum Gasteiger partial charge on any atom is -0.462 e. The average molecular weight is 374 g/mol. The van der Waals surface area contributed by atoms with E-state index in [4.69, 9.17) is 9.47 Å². The summed E-state index contributed by atoms with van der Waals surface area (Å²) in [7, 11) is 0. The Labute approximate surface area is 154 Å². The van der Waals surface area contributed by atoms with Gasteiger partial charge in [-0.25, -0.2) is 4.79 Å². The van der Waals surface area contributed by atoms with Gasteiger partial charge in [-0.1, -0.05) is 42.1 Å². The Morgan fingerprint density at radius 2 is 2.08 bits per heavy atom. The standard InChI is InChI=1S/C18H18N2O5S/c1-12(21)24-11-17-25-10-16(26-17)20-8-7-14(19-18(20)23)9-15(22)13-5-3-2-4-6-13/h2-8,16-17H,9-11H2,1H3/t16-,17-/m1/s1. The van der Waals surface area contributed by atoms with Crippen molar-refractivity contribution in [2.75, 3.05) is 13.2 Å². The van der Waals surface area contributed by atoms with Crippen LogP contribution in [0, 0.1) is 0 Å². The molecule has 0 N–H and O–H groups in total. The van der Waals surface area contributed by atoms with Gasteiger partial charge in [0.1, 0.15) is 17.4 Å². The van der Waals surface area contributed by atoms with Crippen LogP contribution in [0.4, 0.5) is 0 Å². The Morgan fingerprint density at radius 3 is 2.77 bits per heavy atom. The second kappa shape index (κ2) is 8.29. The molecule has 2 aromatic rings. The second-order valence-electron chi connectivity index (χ2n) is 5.73. The lowest BCUT2D eigenvalue weighted by Crippen LogP contribution is -2.27. The molecule has 1 aliphatic heterocycles. The Hall–Kier alpha value is -2.45. The zero-order chi connectivity index (χ0) is 18.5. The normalized spacial score (nSPS) is 19.3. The molecule has 2 atom stereocenters. The predicted molar refractivity (Wildman–Crippen MR) is 96.0 cm³/mol. The zero-order valence-corrected chi connectivity index (χ0v) is 15.0. The molecule has 0 radical (unpaired) electrons. The van der Waals surface area contributed by atoms with Gasteiger partial charge in [-0.05, 0) is 6.07 Å². The van der Waals surface area contributed by atoms with E-state index in [1.807, 2.05) is 6.07 Å². The second-order valence-corrected chi connectivity index (χ2v) is 7.07. The molecule has 0 bridgehead atoms. The maximum absolute atomic E-state index is 12.3. The molecule has 0 amide bonds. The van der Waals surface area contributed by atoms with E-state index in [9.17, 15) is 14.4 Å². The Bertz CT molecular complexity index is 852. The number of ether oxygens (including phenoxy) is 2. The fraction of sp³-hybridized carbons (Fsp3) is 0.333. The monoisotopic (exact) mass is 374 g/mol. The lowest BCUT2D eigenvalue weighted by atomic mass is 10.1. The number of thioether (sulfide) groups is 1. The van der Waals surface area contributed by atoms with Gasteiger partial charge in [-0.15, -0.1) is 0 Å². The SMILES string of the molecule is CC(=O)OC[C@@H]1OC[C@H](n2ccc(CC(=O)c3ccccc3)nc2=O)S1. The molecule has 26 heavy (non-hydrogen) atoms. The van der Waals surface area contributed by atoms with E-state index in [0.717, 1.165) is 0 Å². The van der Waals surface area contributed by atoms with Gasteiger partial charge < -0.3 is 9.47 Å². The van der Waals surface area contributed by atoms with E-state index in [-0.39, 0.29) is 35.6 Å². The molecular formula is C18H18N2O5S. The van der Waals surface area contributed by atoms with Crippen LogP contribution in [-0.2, 0) is 20.7 Å². The molecule has 2 heterocycles. The summed E-state index contributed by atoms with van der Waals surface area (Å²) < 4.78 is 11.9. The summed E-state index contributed by atoms with van der Waals surface area (Å²) in [5.41, 5.74) is 0.278. The zero-order valence-electron chi connectivity index (χ0n) is 14.2. The number of carbonyl (C=O) groups is 2. The summed E-state index contributed by atoms with van der Waals surface area (Å²) in [6, 6.07) is 10.6. The number of Topliss-reactive ketones (excluding diaryl/α,β-unsaturated/α-hetero) is 1. The van der Waals surface area contributed by atoms with Crippen molar-refractivity contribution in [3.8, 4) is 0 Å². The lowest BCUT2D eigenvalue weighted by Gasteiger charge is -2.12. The summed E-state index contributed by atoms with van der Waals surface area (Å²) in [5.74, 6) is -0.459. The van der Waals surface area contributed by atoms with Crippen molar-refractivity contribution in [2.24, 2.45) is 0 Å². The van der Waals surface area contributed by atoms with Gasteiger partial charge in [-0.2, -0.15) is 4.98 Å². The van der Waals surface area contributed by atoms with Crippen molar-refractivity contribution in [3.63, 3.8) is 0 Å². The first-order valence-electron chi connectivity index (χ1n) is 8.09. The highest BCUT2D eigenvalue weighted by molar-refractivity contribution is 8.00. The van der Waals surface area contributed by atoms with Gasteiger partial charge in [0.05, 0.1) is 18.7 Å². The summed E-state index contributed by atoms with van der Waals surface area (Å²) in [6.07, 6.45) is 1.70. The van der Waals surface area contributed by atoms with Gasteiger partial charge in [0.2, 0.25) is 0 Å². The van der Waals surface area contributed by atoms with E-state index in [0.29, 0.717) is 17.9 Å². The van der Waals surface area contributed by atoms with Gasteiger partial charge in [0, 0.05) is 18.7 Å². The third-order valence-corrected chi connectivity index (χ3v) is 5.04. The van der Waals surface area contributed by atoms with Crippen LogP contribution in [0.25, 0.3) is 0 Å². The van der Waals surface area contributed by atoms with Crippen LogP contribution in [0.15, 0.2) is 47.4 Å². The number of nitrogens with zero attached hydrogens (tertiary/aromatic N) is 2. The number of carbonyl (C=O) groups excluding carboxylic acids is 2. The van der Waals surface area contributed by atoms with E-state index >= 15 is 0 Å². The quantitative estimate of drug-likeness (QED) is 0.563. The summed E-state index contributed by atoms with van der Waals surface area (Å²) >= 11 is 1.39. The van der Waals surface area contributed by atoms with Gasteiger partial charge in [-0.3, -0.25) is 14.2 Å². The summed E-state index contributed by atoms with van der Waals surface area (Å²) in [6.45, 7) is 1.80. The molecule has 1 aromatic carbocycles. The van der Waals surface area contributed by atoms with Crippen LogP contribution >= 0.6 is 11.8 Å². The fourth-order valence-corrected chi connectivity index (χ4v) is 3.62. The fourth-order valence-electron chi connectivity index (χ4n) is 2.52. The molecular weight excluding hydrogens is 356 g/mol. The number of benzene rings is 1. The van der Waals surface area contributed by atoms with E-state index < -0.39 is 5.69 Å². The van der Waals surface area contributed by atoms with Crippen LogP contribution in [0.5, 0.6) is 0 Å². The predicted octanol–water partition coefficient (Wildman–Crippen LogP) is 1.82. The van der Waals surface area contributed by atoms with Crippen LogP contribution in [0.3, 0.4) is 0 Å². The third-order valence-electron chi connectivity index (χ3n) is 3.79. The minimum absolute atomic E-state index is 0.0729. The van der Waals surface area contributed by atoms with E-state index in [2.05, 4.69) is 4.98 Å². The van der Waals surface area contributed by atoms with Crippen LogP contribution < -0.4 is 5.69 Å². The number of esters is 1. The highest BCUT2D eigenvalue weighted by Crippen LogP contribution is 2.34. The van der Waals surface area contributed by atoms with Gasteiger partial charge in [0.15, 0.2) is 5.78 Å². The first-order valence-corrected chi connectivity index (χ1v) is 9.04. The summed E-state index contributed by atoms with van der Waals surface area (Å²) in [4.78, 5) is 39.4. The van der Waals surface area contributed by atoms with Crippen LogP contribution in [0.1, 0.15) is 28.3 Å². The van der Waals surface area contributed by atoms with Crippen LogP contribution in [0.2, 0.25) is 0 Å². The van der Waals surface area contributed by atoms with Crippen molar-refractivity contribution in [1.29, 1.82) is 0 Å². The maximum Gasteiger partial charge on any atom is 0.348 e. The first-order chi connectivity index (χ1) is 12.5. The number of aromatic nitrogens is 2. The van der Waals surface area contributed by atoms with Gasteiger partial charge in [0.25, 0.3) is 0 Å². The highest BCUT2D eigenvalue weighted by atomic mass is 32.2. The summed E-state index contributed by atoms with van der Waals surface area (Å²) in [5, 5.41) is -0.241. The molecule has 0 spiro atoms. The topological polar surface area (TPSA) is 87.5 Å². The van der Waals surface area contributed by atoms with E-state index in [1.54, 1.807) is 36.5 Å². The molecule has 1 saturated heterocycles. The van der Waals surface area contributed by atoms with Crippen molar-refractivity contribution in [3.05, 3.63) is 64.3 Å². The molecule has 3 rings (SSSR count). The molecule has 0 saturated carbocycles. The molecule has 1 fully saturated rings. The molecule has 1 aliphatic rings. The first kappa shape index (κ1) is 18.3. The van der Waals surface area contributed by atoms with Crippen LogP contribution in [-0.4, -0.2) is 40.0 Å². The Kier molecular flexibility index (Phi) is 5.85. The average Bonchev–Trinajstić information content (AvgIpc) is 3.09. The lowest BCUT2D eigenvalue weighted by molar-refractivity contribution is -0.142. The van der Waals surface area contributed by atoms with Gasteiger partial charge >= 0.3 is 11.7 Å². The smallest absolute Gasteiger partial charge is 0.348 e. The maximum atomic E-state index is 12.3. The highest BCUT2D eigenvalue weighted by Gasteiger charge is 2.29. The molecule has 136 valence electrons. The molecule has 8 heteroatoms. The largest absolute Gasteiger partial charge is 0.462 e. The molecule has 7 nitrogen and oxygen atoms in total. The minimum atomic E-state index is -0.433.